The minimum Gasteiger partial charge on any atom is -0.368 e. The van der Waals surface area contributed by atoms with Crippen molar-refractivity contribution in [2.45, 2.75) is 19.8 Å². The lowest BCUT2D eigenvalue weighted by Crippen LogP contribution is -2.48. The fourth-order valence-electron chi connectivity index (χ4n) is 2.86. The Balaban J connectivity index is 1.49. The Kier molecular flexibility index (Phi) is 4.42. The first-order valence-electron chi connectivity index (χ1n) is 7.79. The number of nitrogens with one attached hydrogen (secondary N) is 1. The summed E-state index contributed by atoms with van der Waals surface area (Å²) < 4.78 is 0. The Labute approximate surface area is 131 Å². The molecule has 0 aliphatic carbocycles. The zero-order valence-electron chi connectivity index (χ0n) is 13.0. The van der Waals surface area contributed by atoms with E-state index in [-0.39, 0.29) is 5.91 Å². The third-order valence-corrected chi connectivity index (χ3v) is 4.16. The summed E-state index contributed by atoms with van der Waals surface area (Å²) in [5, 5.41) is 0. The van der Waals surface area contributed by atoms with Gasteiger partial charge in [0.1, 0.15) is 0 Å². The van der Waals surface area contributed by atoms with Gasteiger partial charge in [0, 0.05) is 50.2 Å². The molecule has 1 fully saturated rings. The highest BCUT2D eigenvalue weighted by atomic mass is 16.2. The molecule has 2 aromatic rings. The molecule has 0 unspecified atom stereocenters. The van der Waals surface area contributed by atoms with E-state index in [1.807, 2.05) is 4.90 Å². The molecule has 1 saturated heterocycles. The van der Waals surface area contributed by atoms with E-state index >= 15 is 0 Å². The molecular weight excluding hydrogens is 276 g/mol. The number of carbonyl (C=O) groups is 1. The molecule has 0 spiro atoms. The van der Waals surface area contributed by atoms with Crippen LogP contribution in [-0.4, -0.2) is 47.0 Å². The van der Waals surface area contributed by atoms with Crippen LogP contribution < -0.4 is 4.90 Å². The van der Waals surface area contributed by atoms with Crippen molar-refractivity contribution in [1.82, 2.24) is 14.9 Å². The van der Waals surface area contributed by atoms with Gasteiger partial charge in [-0.1, -0.05) is 12.1 Å². The number of aromatic amines is 1. The second-order valence-corrected chi connectivity index (χ2v) is 5.78. The first-order valence-corrected chi connectivity index (χ1v) is 7.79. The number of carbonyl (C=O) groups excluding carboxylic acids is 1. The van der Waals surface area contributed by atoms with Crippen molar-refractivity contribution in [3.05, 3.63) is 48.0 Å². The molecule has 1 aromatic carbocycles. The zero-order chi connectivity index (χ0) is 15.4. The SMILES string of the molecule is Cc1cccc(N2CCN(C(=O)CCc3cnc[nH]3)CC2)c1. The van der Waals surface area contributed by atoms with Crippen LogP contribution in [0.1, 0.15) is 17.7 Å². The molecule has 0 atom stereocenters. The fourth-order valence-corrected chi connectivity index (χ4v) is 2.86. The van der Waals surface area contributed by atoms with Gasteiger partial charge < -0.3 is 14.8 Å². The Morgan fingerprint density at radius 1 is 1.27 bits per heavy atom. The van der Waals surface area contributed by atoms with Crippen molar-refractivity contribution < 1.29 is 4.79 Å². The number of amides is 1. The van der Waals surface area contributed by atoms with Gasteiger partial charge in [0.25, 0.3) is 0 Å². The van der Waals surface area contributed by atoms with E-state index in [1.54, 1.807) is 12.5 Å². The molecule has 2 heterocycles. The number of hydrogen-bond donors (Lipinski definition) is 1. The number of hydrogen-bond acceptors (Lipinski definition) is 3. The van der Waals surface area contributed by atoms with Gasteiger partial charge in [0.2, 0.25) is 5.91 Å². The van der Waals surface area contributed by atoms with Gasteiger partial charge >= 0.3 is 0 Å². The number of benzene rings is 1. The van der Waals surface area contributed by atoms with Crippen molar-refractivity contribution in [3.8, 4) is 0 Å². The van der Waals surface area contributed by atoms with Crippen LogP contribution in [0.2, 0.25) is 0 Å². The quantitative estimate of drug-likeness (QED) is 0.939. The topological polar surface area (TPSA) is 52.2 Å². The third-order valence-electron chi connectivity index (χ3n) is 4.16. The van der Waals surface area contributed by atoms with Crippen LogP contribution in [-0.2, 0) is 11.2 Å². The van der Waals surface area contributed by atoms with Crippen LogP contribution in [0.15, 0.2) is 36.8 Å². The lowest BCUT2D eigenvalue weighted by molar-refractivity contribution is -0.131. The number of piperazine rings is 1. The number of aromatic nitrogens is 2. The largest absolute Gasteiger partial charge is 0.368 e. The van der Waals surface area contributed by atoms with Crippen LogP contribution in [0, 0.1) is 6.92 Å². The van der Waals surface area contributed by atoms with Gasteiger partial charge in [0.15, 0.2) is 0 Å². The Bertz CT molecular complexity index is 615. The normalized spacial score (nSPS) is 15.1. The molecule has 3 rings (SSSR count). The summed E-state index contributed by atoms with van der Waals surface area (Å²) in [6.45, 7) is 5.52. The van der Waals surface area contributed by atoms with Crippen molar-refractivity contribution in [3.63, 3.8) is 0 Å². The molecule has 1 amide bonds. The van der Waals surface area contributed by atoms with Gasteiger partial charge in [-0.15, -0.1) is 0 Å². The summed E-state index contributed by atoms with van der Waals surface area (Å²) in [5.74, 6) is 0.235. The van der Waals surface area contributed by atoms with E-state index in [9.17, 15) is 4.79 Å². The van der Waals surface area contributed by atoms with Crippen LogP contribution in [0.3, 0.4) is 0 Å². The molecule has 116 valence electrons. The smallest absolute Gasteiger partial charge is 0.223 e. The van der Waals surface area contributed by atoms with E-state index < -0.39 is 0 Å². The third kappa shape index (κ3) is 3.47. The highest BCUT2D eigenvalue weighted by Crippen LogP contribution is 2.18. The summed E-state index contributed by atoms with van der Waals surface area (Å²) in [7, 11) is 0. The lowest BCUT2D eigenvalue weighted by Gasteiger charge is -2.36. The Morgan fingerprint density at radius 3 is 2.77 bits per heavy atom. The number of rotatable bonds is 4. The van der Waals surface area contributed by atoms with Crippen molar-refractivity contribution in [1.29, 1.82) is 0 Å². The monoisotopic (exact) mass is 298 g/mol. The van der Waals surface area contributed by atoms with E-state index in [4.69, 9.17) is 0 Å². The van der Waals surface area contributed by atoms with Gasteiger partial charge in [-0.2, -0.15) is 0 Å². The maximum absolute atomic E-state index is 12.3. The number of imidazole rings is 1. The second kappa shape index (κ2) is 6.64. The number of H-pyrrole nitrogens is 1. The minimum absolute atomic E-state index is 0.235. The van der Waals surface area contributed by atoms with Crippen molar-refractivity contribution in [2.24, 2.45) is 0 Å². The highest BCUT2D eigenvalue weighted by molar-refractivity contribution is 5.76. The summed E-state index contributed by atoms with van der Waals surface area (Å²) in [5.41, 5.74) is 3.55. The standard InChI is InChI=1S/C17H22N4O/c1-14-3-2-4-16(11-14)20-7-9-21(10-8-20)17(22)6-5-15-12-18-13-19-15/h2-4,11-13H,5-10H2,1H3,(H,18,19). The molecule has 1 aliphatic heterocycles. The Morgan fingerprint density at radius 2 is 2.09 bits per heavy atom. The van der Waals surface area contributed by atoms with Gasteiger partial charge in [0.05, 0.1) is 6.33 Å². The molecule has 5 nitrogen and oxygen atoms in total. The molecule has 5 heteroatoms. The maximum atomic E-state index is 12.3. The average Bonchev–Trinajstić information content (AvgIpc) is 3.06. The molecule has 22 heavy (non-hydrogen) atoms. The minimum atomic E-state index is 0.235. The first kappa shape index (κ1) is 14.6. The van der Waals surface area contributed by atoms with Crippen molar-refractivity contribution >= 4 is 11.6 Å². The van der Waals surface area contributed by atoms with Crippen LogP contribution in [0.25, 0.3) is 0 Å². The van der Waals surface area contributed by atoms with Gasteiger partial charge in [-0.3, -0.25) is 4.79 Å². The summed E-state index contributed by atoms with van der Waals surface area (Å²) in [6, 6.07) is 8.55. The molecule has 1 aliphatic rings. The summed E-state index contributed by atoms with van der Waals surface area (Å²) >= 11 is 0. The van der Waals surface area contributed by atoms with E-state index in [1.165, 1.54) is 11.3 Å². The molecular formula is C17H22N4O. The predicted molar refractivity (Wildman–Crippen MR) is 86.9 cm³/mol. The molecule has 0 bridgehead atoms. The molecule has 1 N–H and O–H groups in total. The molecule has 0 radical (unpaired) electrons. The molecule has 0 saturated carbocycles. The Hall–Kier alpha value is -2.30. The maximum Gasteiger partial charge on any atom is 0.223 e. The second-order valence-electron chi connectivity index (χ2n) is 5.78. The average molecular weight is 298 g/mol. The van der Waals surface area contributed by atoms with E-state index in [2.05, 4.69) is 46.1 Å². The molecule has 1 aromatic heterocycles. The summed E-state index contributed by atoms with van der Waals surface area (Å²) in [6.07, 6.45) is 4.72. The lowest BCUT2D eigenvalue weighted by atomic mass is 10.1. The first-order chi connectivity index (χ1) is 10.7. The fraction of sp³-hybridized carbons (Fsp3) is 0.412. The van der Waals surface area contributed by atoms with Crippen molar-refractivity contribution in [2.75, 3.05) is 31.1 Å². The number of nitrogens with zero attached hydrogens (tertiary/aromatic N) is 3. The summed E-state index contributed by atoms with van der Waals surface area (Å²) in [4.78, 5) is 23.6. The van der Waals surface area contributed by atoms with Gasteiger partial charge in [-0.05, 0) is 31.0 Å². The zero-order valence-corrected chi connectivity index (χ0v) is 13.0. The highest BCUT2D eigenvalue weighted by Gasteiger charge is 2.21. The van der Waals surface area contributed by atoms with E-state index in [0.717, 1.165) is 38.3 Å². The van der Waals surface area contributed by atoms with E-state index in [0.29, 0.717) is 6.42 Å². The van der Waals surface area contributed by atoms with Gasteiger partial charge in [-0.25, -0.2) is 4.98 Å². The number of anilines is 1. The number of aryl methyl sites for hydroxylation is 2. The van der Waals surface area contributed by atoms with Crippen LogP contribution in [0.4, 0.5) is 5.69 Å². The predicted octanol–water partition coefficient (Wildman–Crippen LogP) is 2.00. The van der Waals surface area contributed by atoms with Crippen LogP contribution >= 0.6 is 0 Å². The van der Waals surface area contributed by atoms with Crippen LogP contribution in [0.5, 0.6) is 0 Å².